The van der Waals surface area contributed by atoms with Crippen LogP contribution < -0.4 is 20.1 Å². The summed E-state index contributed by atoms with van der Waals surface area (Å²) >= 11 is 0. The van der Waals surface area contributed by atoms with Gasteiger partial charge < -0.3 is 20.1 Å². The first-order chi connectivity index (χ1) is 9.79. The van der Waals surface area contributed by atoms with Crippen molar-refractivity contribution in [2.75, 3.05) is 32.8 Å². The molecular formula is C15H23ClN2O3. The molecule has 1 aromatic rings. The molecule has 6 heteroatoms. The fraction of sp³-hybridized carbons (Fsp3) is 0.533. The second kappa shape index (κ2) is 9.47. The lowest BCUT2D eigenvalue weighted by Gasteiger charge is -2.18. The molecule has 0 saturated carbocycles. The van der Waals surface area contributed by atoms with E-state index in [1.165, 1.54) is 0 Å². The number of hydrogen-bond donors (Lipinski definition) is 2. The molecule has 1 aliphatic heterocycles. The average molecular weight is 315 g/mol. The van der Waals surface area contributed by atoms with Gasteiger partial charge in [-0.25, -0.2) is 0 Å². The summed E-state index contributed by atoms with van der Waals surface area (Å²) in [4.78, 5) is 11.8. The van der Waals surface area contributed by atoms with Crippen LogP contribution in [0.1, 0.15) is 18.9 Å². The zero-order chi connectivity index (χ0) is 14.2. The van der Waals surface area contributed by atoms with E-state index in [-0.39, 0.29) is 18.3 Å². The van der Waals surface area contributed by atoms with E-state index >= 15 is 0 Å². The van der Waals surface area contributed by atoms with Crippen LogP contribution in [0, 0.1) is 0 Å². The summed E-state index contributed by atoms with van der Waals surface area (Å²) in [6, 6.07) is 5.64. The van der Waals surface area contributed by atoms with Gasteiger partial charge in [0, 0.05) is 13.1 Å². The highest BCUT2D eigenvalue weighted by atomic mass is 35.5. The first-order valence-corrected chi connectivity index (χ1v) is 7.15. The van der Waals surface area contributed by atoms with E-state index in [4.69, 9.17) is 9.47 Å². The first-order valence-electron chi connectivity index (χ1n) is 7.15. The molecule has 0 aromatic heterocycles. The number of nitrogens with one attached hydrogen (secondary N) is 2. The van der Waals surface area contributed by atoms with Gasteiger partial charge in [0.05, 0.1) is 6.42 Å². The van der Waals surface area contributed by atoms with Gasteiger partial charge >= 0.3 is 0 Å². The third kappa shape index (κ3) is 5.81. The number of benzene rings is 1. The molecule has 0 atom stereocenters. The summed E-state index contributed by atoms with van der Waals surface area (Å²) < 4.78 is 11.0. The van der Waals surface area contributed by atoms with Crippen molar-refractivity contribution < 1.29 is 14.3 Å². The van der Waals surface area contributed by atoms with Crippen LogP contribution in [0.15, 0.2) is 18.2 Å². The second-order valence-electron chi connectivity index (χ2n) is 4.75. The zero-order valence-electron chi connectivity index (χ0n) is 12.3. The van der Waals surface area contributed by atoms with Crippen molar-refractivity contribution in [3.63, 3.8) is 0 Å². The molecule has 0 radical (unpaired) electrons. The molecule has 0 fully saturated rings. The van der Waals surface area contributed by atoms with E-state index in [0.29, 0.717) is 26.2 Å². The lowest BCUT2D eigenvalue weighted by Crippen LogP contribution is -2.33. The Hall–Kier alpha value is -1.46. The van der Waals surface area contributed by atoms with E-state index in [0.717, 1.165) is 36.6 Å². The van der Waals surface area contributed by atoms with Crippen molar-refractivity contribution in [3.8, 4) is 11.5 Å². The molecule has 1 aromatic carbocycles. The molecule has 0 saturated heterocycles. The normalized spacial score (nSPS) is 12.4. The van der Waals surface area contributed by atoms with E-state index < -0.39 is 0 Å². The molecule has 1 aliphatic rings. The van der Waals surface area contributed by atoms with Gasteiger partial charge in [-0.1, -0.05) is 13.0 Å². The van der Waals surface area contributed by atoms with Crippen molar-refractivity contribution in [2.45, 2.75) is 19.8 Å². The maximum Gasteiger partial charge on any atom is 0.224 e. The van der Waals surface area contributed by atoms with Gasteiger partial charge in [-0.3, -0.25) is 4.79 Å². The number of rotatable bonds is 7. The maximum absolute atomic E-state index is 11.8. The quantitative estimate of drug-likeness (QED) is 0.750. The SMILES string of the molecule is CCCNCCNC(=O)Cc1ccc2c(c1)OCCO2.Cl. The molecule has 0 spiro atoms. The van der Waals surface area contributed by atoms with Gasteiger partial charge in [0.1, 0.15) is 13.2 Å². The Balaban J connectivity index is 0.00000220. The lowest BCUT2D eigenvalue weighted by molar-refractivity contribution is -0.120. The zero-order valence-corrected chi connectivity index (χ0v) is 13.1. The molecule has 21 heavy (non-hydrogen) atoms. The molecule has 1 heterocycles. The van der Waals surface area contributed by atoms with E-state index in [1.807, 2.05) is 18.2 Å². The minimum atomic E-state index is 0. The Bertz CT molecular complexity index is 455. The van der Waals surface area contributed by atoms with Crippen LogP contribution >= 0.6 is 12.4 Å². The van der Waals surface area contributed by atoms with Crippen LogP contribution in [0.2, 0.25) is 0 Å². The van der Waals surface area contributed by atoms with E-state index in [1.54, 1.807) is 0 Å². The predicted octanol–water partition coefficient (Wildman–Crippen LogP) is 1.54. The number of carbonyl (C=O) groups is 1. The van der Waals surface area contributed by atoms with Gasteiger partial charge in [0.25, 0.3) is 0 Å². The van der Waals surface area contributed by atoms with Gasteiger partial charge in [0.2, 0.25) is 5.91 Å². The fourth-order valence-electron chi connectivity index (χ4n) is 2.04. The minimum Gasteiger partial charge on any atom is -0.486 e. The highest BCUT2D eigenvalue weighted by Gasteiger charge is 2.12. The molecule has 0 bridgehead atoms. The van der Waals surface area contributed by atoms with Crippen molar-refractivity contribution in [1.82, 2.24) is 10.6 Å². The van der Waals surface area contributed by atoms with Crippen LogP contribution in [0.4, 0.5) is 0 Å². The van der Waals surface area contributed by atoms with Crippen molar-refractivity contribution in [3.05, 3.63) is 23.8 Å². The highest BCUT2D eigenvalue weighted by molar-refractivity contribution is 5.85. The van der Waals surface area contributed by atoms with Crippen LogP contribution in [-0.2, 0) is 11.2 Å². The summed E-state index contributed by atoms with van der Waals surface area (Å²) in [6.07, 6.45) is 1.47. The summed E-state index contributed by atoms with van der Waals surface area (Å²) in [5.41, 5.74) is 0.938. The largest absolute Gasteiger partial charge is 0.486 e. The van der Waals surface area contributed by atoms with Crippen LogP contribution in [0.5, 0.6) is 11.5 Å². The third-order valence-electron chi connectivity index (χ3n) is 3.02. The Labute approximate surface area is 131 Å². The Kier molecular flexibility index (Phi) is 7.93. The average Bonchev–Trinajstić information content (AvgIpc) is 2.47. The van der Waals surface area contributed by atoms with Crippen LogP contribution in [0.25, 0.3) is 0 Å². The third-order valence-corrected chi connectivity index (χ3v) is 3.02. The predicted molar refractivity (Wildman–Crippen MR) is 84.6 cm³/mol. The maximum atomic E-state index is 11.8. The number of halogens is 1. The lowest BCUT2D eigenvalue weighted by atomic mass is 10.1. The summed E-state index contributed by atoms with van der Waals surface area (Å²) in [5.74, 6) is 1.51. The number of fused-ring (bicyclic) bond motifs is 1. The molecule has 118 valence electrons. The Morgan fingerprint density at radius 3 is 2.67 bits per heavy atom. The first kappa shape index (κ1) is 17.6. The van der Waals surface area contributed by atoms with Crippen LogP contribution in [-0.4, -0.2) is 38.8 Å². The van der Waals surface area contributed by atoms with Gasteiger partial charge in [-0.2, -0.15) is 0 Å². The van der Waals surface area contributed by atoms with Gasteiger partial charge in [-0.05, 0) is 30.7 Å². The smallest absolute Gasteiger partial charge is 0.224 e. The van der Waals surface area contributed by atoms with E-state index in [9.17, 15) is 4.79 Å². The summed E-state index contributed by atoms with van der Waals surface area (Å²) in [5, 5.41) is 6.14. The highest BCUT2D eigenvalue weighted by Crippen LogP contribution is 2.30. The summed E-state index contributed by atoms with van der Waals surface area (Å²) in [7, 11) is 0. The van der Waals surface area contributed by atoms with Crippen molar-refractivity contribution in [2.24, 2.45) is 0 Å². The van der Waals surface area contributed by atoms with Gasteiger partial charge in [-0.15, -0.1) is 12.4 Å². The fourth-order valence-corrected chi connectivity index (χ4v) is 2.04. The Morgan fingerprint density at radius 1 is 1.14 bits per heavy atom. The van der Waals surface area contributed by atoms with E-state index in [2.05, 4.69) is 17.6 Å². The molecule has 0 unspecified atom stereocenters. The minimum absolute atomic E-state index is 0. The molecule has 1 amide bonds. The van der Waals surface area contributed by atoms with Crippen LogP contribution in [0.3, 0.4) is 0 Å². The van der Waals surface area contributed by atoms with Gasteiger partial charge in [0.15, 0.2) is 11.5 Å². The summed E-state index contributed by atoms with van der Waals surface area (Å²) in [6.45, 7) is 5.71. The van der Waals surface area contributed by atoms with Crippen molar-refractivity contribution in [1.29, 1.82) is 0 Å². The monoisotopic (exact) mass is 314 g/mol. The Morgan fingerprint density at radius 2 is 1.90 bits per heavy atom. The molecule has 2 N–H and O–H groups in total. The molecule has 5 nitrogen and oxygen atoms in total. The topological polar surface area (TPSA) is 59.6 Å². The van der Waals surface area contributed by atoms with Crippen molar-refractivity contribution >= 4 is 18.3 Å². The molecular weight excluding hydrogens is 292 g/mol. The number of ether oxygens (including phenoxy) is 2. The molecule has 2 rings (SSSR count). The number of carbonyl (C=O) groups excluding carboxylic acids is 1. The number of amides is 1. The number of hydrogen-bond acceptors (Lipinski definition) is 4. The standard InChI is InChI=1S/C15H22N2O3.ClH/c1-2-5-16-6-7-17-15(18)11-12-3-4-13-14(10-12)20-9-8-19-13;/h3-4,10,16H,2,5-9,11H2,1H3,(H,17,18);1H. The molecule has 0 aliphatic carbocycles. The second-order valence-corrected chi connectivity index (χ2v) is 4.75.